The van der Waals surface area contributed by atoms with Gasteiger partial charge in [-0.05, 0) is 24.3 Å². The molecule has 19 heavy (non-hydrogen) atoms. The summed E-state index contributed by atoms with van der Waals surface area (Å²) in [6, 6.07) is 1.57. The molecule has 1 aliphatic rings. The number of thioether (sulfide) groups is 1. The molecule has 0 bridgehead atoms. The van der Waals surface area contributed by atoms with E-state index in [-0.39, 0.29) is 5.69 Å². The maximum absolute atomic E-state index is 13.9. The maximum atomic E-state index is 13.9. The van der Waals surface area contributed by atoms with Crippen molar-refractivity contribution in [3.8, 4) is 0 Å². The highest BCUT2D eigenvalue weighted by Gasteiger charge is 2.22. The number of non-ortho nitro benzene ring substituents is 1. The van der Waals surface area contributed by atoms with Crippen LogP contribution in [0.2, 0.25) is 0 Å². The van der Waals surface area contributed by atoms with Gasteiger partial charge in [0.1, 0.15) is 5.69 Å². The lowest BCUT2D eigenvalue weighted by Crippen LogP contribution is -2.29. The van der Waals surface area contributed by atoms with Crippen molar-refractivity contribution in [1.82, 2.24) is 0 Å². The lowest BCUT2D eigenvalue weighted by molar-refractivity contribution is -0.385. The normalized spacial score (nSPS) is 16.8. The van der Waals surface area contributed by atoms with Crippen molar-refractivity contribution >= 4 is 23.1 Å². The van der Waals surface area contributed by atoms with E-state index >= 15 is 0 Å². The fourth-order valence-electron chi connectivity index (χ4n) is 2.11. The number of anilines is 1. The highest BCUT2D eigenvalue weighted by atomic mass is 32.2. The van der Waals surface area contributed by atoms with Gasteiger partial charge in [-0.3, -0.25) is 10.1 Å². The number of nitro benzene ring substituents is 1. The van der Waals surface area contributed by atoms with Crippen LogP contribution < -0.4 is 4.90 Å². The van der Waals surface area contributed by atoms with E-state index in [1.807, 2.05) is 11.8 Å². The lowest BCUT2D eigenvalue weighted by Gasteiger charge is -2.27. The van der Waals surface area contributed by atoms with E-state index in [0.717, 1.165) is 36.5 Å². The minimum absolute atomic E-state index is 0.141. The van der Waals surface area contributed by atoms with Crippen molar-refractivity contribution in [2.45, 2.75) is 12.8 Å². The molecular formula is C12H14F2N2O2S. The lowest BCUT2D eigenvalue weighted by atomic mass is 10.2. The van der Waals surface area contributed by atoms with Crippen LogP contribution in [0.25, 0.3) is 0 Å². The zero-order valence-corrected chi connectivity index (χ0v) is 11.1. The van der Waals surface area contributed by atoms with Crippen LogP contribution in [-0.2, 0) is 0 Å². The number of halogens is 2. The summed E-state index contributed by atoms with van der Waals surface area (Å²) in [5.74, 6) is 0.208. The summed E-state index contributed by atoms with van der Waals surface area (Å²) in [4.78, 5) is 11.4. The molecule has 0 saturated carbocycles. The Kier molecular flexibility index (Phi) is 4.57. The molecule has 1 fully saturated rings. The number of hydrogen-bond acceptors (Lipinski definition) is 4. The van der Waals surface area contributed by atoms with E-state index in [1.54, 1.807) is 4.90 Å². The highest BCUT2D eigenvalue weighted by molar-refractivity contribution is 7.99. The predicted octanol–water partition coefficient (Wildman–Crippen LogP) is 3.21. The van der Waals surface area contributed by atoms with E-state index < -0.39 is 22.2 Å². The molecule has 0 N–H and O–H groups in total. The minimum Gasteiger partial charge on any atom is -0.367 e. The van der Waals surface area contributed by atoms with Crippen LogP contribution in [0.1, 0.15) is 12.8 Å². The number of nitrogens with zero attached hydrogens (tertiary/aromatic N) is 2. The fraction of sp³-hybridized carbons (Fsp3) is 0.500. The van der Waals surface area contributed by atoms with Gasteiger partial charge in [0.15, 0.2) is 11.6 Å². The van der Waals surface area contributed by atoms with Crippen molar-refractivity contribution in [2.24, 2.45) is 0 Å². The standard InChI is InChI=1S/C12H14F2N2O2S/c13-10-7-9(16(17)18)8-11(14)12(10)15-3-1-5-19-6-2-4-15/h7-8H,1-6H2. The third kappa shape index (κ3) is 3.34. The largest absolute Gasteiger partial charge is 0.367 e. The van der Waals surface area contributed by atoms with Crippen LogP contribution in [0, 0.1) is 21.7 Å². The molecule has 1 heterocycles. The second-order valence-electron chi connectivity index (χ2n) is 4.32. The SMILES string of the molecule is O=[N+]([O-])c1cc(F)c(N2CCCSCCC2)c(F)c1. The van der Waals surface area contributed by atoms with E-state index in [1.165, 1.54) is 0 Å². The smallest absolute Gasteiger partial charge is 0.275 e. The van der Waals surface area contributed by atoms with Crippen LogP contribution >= 0.6 is 11.8 Å². The minimum atomic E-state index is -0.861. The Morgan fingerprint density at radius 1 is 1.16 bits per heavy atom. The molecule has 1 aromatic rings. The quantitative estimate of drug-likeness (QED) is 0.619. The van der Waals surface area contributed by atoms with Crippen molar-refractivity contribution < 1.29 is 13.7 Å². The Morgan fingerprint density at radius 2 is 1.68 bits per heavy atom. The Bertz CT molecular complexity index is 454. The molecular weight excluding hydrogens is 274 g/mol. The summed E-state index contributed by atoms with van der Waals surface area (Å²) in [5.41, 5.74) is -0.696. The zero-order valence-electron chi connectivity index (χ0n) is 10.3. The summed E-state index contributed by atoms with van der Waals surface area (Å²) in [6.45, 7) is 1.14. The van der Waals surface area contributed by atoms with Crippen LogP contribution in [0.4, 0.5) is 20.2 Å². The van der Waals surface area contributed by atoms with Gasteiger partial charge in [0.05, 0.1) is 17.1 Å². The number of nitro groups is 1. The van der Waals surface area contributed by atoms with Crippen LogP contribution in [0.15, 0.2) is 12.1 Å². The molecule has 0 spiro atoms. The molecule has 0 radical (unpaired) electrons. The monoisotopic (exact) mass is 288 g/mol. The average Bonchev–Trinajstić information content (AvgIpc) is 2.30. The van der Waals surface area contributed by atoms with E-state index in [4.69, 9.17) is 0 Å². The Balaban J connectivity index is 2.29. The topological polar surface area (TPSA) is 46.4 Å². The number of rotatable bonds is 2. The maximum Gasteiger partial charge on any atom is 0.275 e. The highest BCUT2D eigenvalue weighted by Crippen LogP contribution is 2.29. The molecule has 4 nitrogen and oxygen atoms in total. The molecule has 0 unspecified atom stereocenters. The second-order valence-corrected chi connectivity index (χ2v) is 5.55. The Hall–Kier alpha value is -1.37. The first-order chi connectivity index (χ1) is 9.09. The van der Waals surface area contributed by atoms with Gasteiger partial charge in [-0.1, -0.05) is 0 Å². The van der Waals surface area contributed by atoms with Crippen LogP contribution in [0.5, 0.6) is 0 Å². The van der Waals surface area contributed by atoms with Crippen molar-refractivity contribution in [3.63, 3.8) is 0 Å². The van der Waals surface area contributed by atoms with Gasteiger partial charge < -0.3 is 4.90 Å². The summed E-state index contributed by atoms with van der Waals surface area (Å²) < 4.78 is 27.8. The van der Waals surface area contributed by atoms with E-state index in [2.05, 4.69) is 0 Å². The first-order valence-electron chi connectivity index (χ1n) is 6.05. The van der Waals surface area contributed by atoms with Crippen molar-refractivity contribution in [1.29, 1.82) is 0 Å². The Labute approximate surface area is 113 Å². The summed E-state index contributed by atoms with van der Waals surface area (Å²) in [6.07, 6.45) is 1.70. The van der Waals surface area contributed by atoms with Gasteiger partial charge in [0.25, 0.3) is 5.69 Å². The average molecular weight is 288 g/mol. The van der Waals surface area contributed by atoms with Gasteiger partial charge in [-0.15, -0.1) is 0 Å². The summed E-state index contributed by atoms with van der Waals surface area (Å²) in [5, 5.41) is 10.5. The van der Waals surface area contributed by atoms with E-state index in [0.29, 0.717) is 13.1 Å². The third-order valence-electron chi connectivity index (χ3n) is 2.96. The van der Waals surface area contributed by atoms with E-state index in [9.17, 15) is 18.9 Å². The molecule has 0 aliphatic carbocycles. The zero-order chi connectivity index (χ0) is 13.8. The fourth-order valence-corrected chi connectivity index (χ4v) is 2.98. The molecule has 7 heteroatoms. The van der Waals surface area contributed by atoms with Crippen LogP contribution in [-0.4, -0.2) is 29.5 Å². The molecule has 1 saturated heterocycles. The first kappa shape index (κ1) is 14.0. The summed E-state index contributed by atoms with van der Waals surface area (Å²) >= 11 is 1.84. The van der Waals surface area contributed by atoms with Gasteiger partial charge in [-0.25, -0.2) is 8.78 Å². The van der Waals surface area contributed by atoms with Crippen molar-refractivity contribution in [3.05, 3.63) is 33.9 Å². The summed E-state index contributed by atoms with van der Waals surface area (Å²) in [7, 11) is 0. The molecule has 0 amide bonds. The van der Waals surface area contributed by atoms with Gasteiger partial charge >= 0.3 is 0 Å². The number of benzene rings is 1. The van der Waals surface area contributed by atoms with Crippen molar-refractivity contribution in [2.75, 3.05) is 29.5 Å². The van der Waals surface area contributed by atoms with Gasteiger partial charge in [0, 0.05) is 13.1 Å². The molecule has 0 atom stereocenters. The molecule has 104 valence electrons. The molecule has 0 aromatic heterocycles. The molecule has 2 rings (SSSR count). The molecule has 1 aliphatic heterocycles. The second kappa shape index (κ2) is 6.18. The third-order valence-corrected chi connectivity index (χ3v) is 4.12. The van der Waals surface area contributed by atoms with Gasteiger partial charge in [-0.2, -0.15) is 11.8 Å². The predicted molar refractivity (Wildman–Crippen MR) is 71.8 cm³/mol. The Morgan fingerprint density at radius 3 is 2.16 bits per heavy atom. The first-order valence-corrected chi connectivity index (χ1v) is 7.21. The molecule has 1 aromatic carbocycles. The number of hydrogen-bond donors (Lipinski definition) is 0. The van der Waals surface area contributed by atoms with Crippen LogP contribution in [0.3, 0.4) is 0 Å². The van der Waals surface area contributed by atoms with Gasteiger partial charge in [0.2, 0.25) is 0 Å².